The van der Waals surface area contributed by atoms with Crippen LogP contribution in [-0.4, -0.2) is 21.7 Å². The fourth-order valence-electron chi connectivity index (χ4n) is 4.30. The Kier molecular flexibility index (Phi) is 5.43. The lowest BCUT2D eigenvalue weighted by molar-refractivity contribution is -0.137. The smallest absolute Gasteiger partial charge is 0.416 e. The van der Waals surface area contributed by atoms with Gasteiger partial charge < -0.3 is 14.4 Å². The second-order valence-corrected chi connectivity index (χ2v) is 8.18. The molecule has 1 aliphatic heterocycles. The largest absolute Gasteiger partial charge is 0.503 e. The predicted molar refractivity (Wildman–Crippen MR) is 121 cm³/mol. The molecule has 3 aromatic carbocycles. The van der Waals surface area contributed by atoms with Crippen LogP contribution in [0.15, 0.2) is 101 Å². The van der Waals surface area contributed by atoms with Gasteiger partial charge in [-0.15, -0.1) is 0 Å². The summed E-state index contributed by atoms with van der Waals surface area (Å²) < 4.78 is 45.3. The van der Waals surface area contributed by atoms with Gasteiger partial charge in [0.2, 0.25) is 5.78 Å². The Balaban J connectivity index is 1.57. The minimum Gasteiger partial charge on any atom is -0.503 e. The number of fused-ring (bicyclic) bond motifs is 1. The number of nitrogens with zero attached hydrogens (tertiary/aromatic N) is 1. The van der Waals surface area contributed by atoms with Crippen molar-refractivity contribution >= 4 is 22.7 Å². The minimum atomic E-state index is -4.55. The maximum Gasteiger partial charge on any atom is 0.416 e. The van der Waals surface area contributed by atoms with Crippen LogP contribution >= 0.6 is 0 Å². The van der Waals surface area contributed by atoms with Crippen molar-refractivity contribution in [3.63, 3.8) is 0 Å². The van der Waals surface area contributed by atoms with Crippen molar-refractivity contribution in [1.29, 1.82) is 0 Å². The van der Waals surface area contributed by atoms with Gasteiger partial charge in [-0.2, -0.15) is 13.2 Å². The normalized spacial score (nSPS) is 16.4. The molecule has 1 aliphatic rings. The fraction of sp³-hybridized carbons (Fsp3) is 0.111. The van der Waals surface area contributed by atoms with Crippen LogP contribution < -0.4 is 0 Å². The number of alkyl halides is 3. The number of hydrogen-bond donors (Lipinski definition) is 1. The molecule has 0 saturated carbocycles. The monoisotopic (exact) mass is 477 g/mol. The molecule has 1 N–H and O–H groups in total. The first-order valence-electron chi connectivity index (χ1n) is 10.7. The zero-order valence-electron chi connectivity index (χ0n) is 18.1. The number of hydrogen-bond acceptors (Lipinski definition) is 4. The second-order valence-electron chi connectivity index (χ2n) is 8.18. The maximum atomic E-state index is 13.5. The molecule has 2 heterocycles. The number of halogens is 3. The van der Waals surface area contributed by atoms with Crippen molar-refractivity contribution in [1.82, 2.24) is 4.90 Å². The molecular weight excluding hydrogens is 459 g/mol. The van der Waals surface area contributed by atoms with E-state index in [1.165, 1.54) is 23.1 Å². The number of para-hydroxylation sites is 1. The molecule has 1 unspecified atom stereocenters. The summed E-state index contributed by atoms with van der Waals surface area (Å²) in [4.78, 5) is 27.8. The minimum absolute atomic E-state index is 0.0533. The topological polar surface area (TPSA) is 70.8 Å². The number of aliphatic hydroxyl groups excluding tert-OH is 1. The standard InChI is InChI=1S/C27H18F3NO4/c28-27(29,30)19-11-6-7-16(13-19)15-31-23(17-8-2-1-3-9-17)22(25(33)26(31)34)24(32)21-14-18-10-4-5-12-20(18)35-21/h1-14,23,33H,15H2. The maximum absolute atomic E-state index is 13.5. The number of ketones is 1. The first kappa shape index (κ1) is 22.5. The zero-order chi connectivity index (χ0) is 24.7. The summed E-state index contributed by atoms with van der Waals surface area (Å²) in [5, 5.41) is 11.5. The molecule has 0 saturated heterocycles. The lowest BCUT2D eigenvalue weighted by Crippen LogP contribution is -2.30. The number of rotatable bonds is 5. The van der Waals surface area contributed by atoms with Crippen LogP contribution in [0.2, 0.25) is 0 Å². The van der Waals surface area contributed by atoms with Crippen molar-refractivity contribution in [2.75, 3.05) is 0 Å². The highest BCUT2D eigenvalue weighted by atomic mass is 19.4. The first-order valence-corrected chi connectivity index (χ1v) is 10.7. The summed E-state index contributed by atoms with van der Waals surface area (Å²) in [5.74, 6) is -2.33. The molecule has 0 fully saturated rings. The van der Waals surface area contributed by atoms with Crippen molar-refractivity contribution in [3.8, 4) is 0 Å². The molecule has 0 bridgehead atoms. The number of aliphatic hydroxyl groups is 1. The third-order valence-electron chi connectivity index (χ3n) is 5.92. The Morgan fingerprint density at radius 1 is 0.943 bits per heavy atom. The van der Waals surface area contributed by atoms with Crippen molar-refractivity contribution < 1.29 is 32.3 Å². The van der Waals surface area contributed by atoms with E-state index >= 15 is 0 Å². The highest BCUT2D eigenvalue weighted by Crippen LogP contribution is 2.41. The van der Waals surface area contributed by atoms with Crippen LogP contribution in [-0.2, 0) is 17.5 Å². The molecule has 176 valence electrons. The molecule has 8 heteroatoms. The number of amides is 1. The number of carbonyl (C=O) groups excluding carboxylic acids is 2. The fourth-order valence-corrected chi connectivity index (χ4v) is 4.30. The summed E-state index contributed by atoms with van der Waals surface area (Å²) in [6.07, 6.45) is -4.55. The van der Waals surface area contributed by atoms with Crippen molar-refractivity contribution in [2.24, 2.45) is 0 Å². The van der Waals surface area contributed by atoms with Crippen molar-refractivity contribution in [3.05, 3.63) is 119 Å². The second kappa shape index (κ2) is 8.47. The lowest BCUT2D eigenvalue weighted by Gasteiger charge is -2.27. The van der Waals surface area contributed by atoms with Gasteiger partial charge in [0, 0.05) is 11.9 Å². The van der Waals surface area contributed by atoms with E-state index in [0.717, 1.165) is 12.1 Å². The van der Waals surface area contributed by atoms with Crippen LogP contribution in [0, 0.1) is 0 Å². The van der Waals surface area contributed by atoms with Gasteiger partial charge in [0.25, 0.3) is 5.91 Å². The number of furan rings is 1. The molecule has 4 aromatic rings. The molecule has 35 heavy (non-hydrogen) atoms. The number of Topliss-reactive ketones (excluding diaryl/α,β-unsaturated/α-hetero) is 1. The Hall–Kier alpha value is -4.33. The molecule has 0 aliphatic carbocycles. The van der Waals surface area contributed by atoms with Crippen LogP contribution in [0.5, 0.6) is 0 Å². The average molecular weight is 477 g/mol. The molecule has 5 rings (SSSR count). The van der Waals surface area contributed by atoms with E-state index in [4.69, 9.17) is 4.42 Å². The van der Waals surface area contributed by atoms with Crippen molar-refractivity contribution in [2.45, 2.75) is 18.8 Å². The van der Waals surface area contributed by atoms with E-state index in [2.05, 4.69) is 0 Å². The quantitative estimate of drug-likeness (QED) is 0.346. The molecule has 1 atom stereocenters. The summed E-state index contributed by atoms with van der Waals surface area (Å²) >= 11 is 0. The van der Waals surface area contributed by atoms with Crippen LogP contribution in [0.4, 0.5) is 13.2 Å². The number of benzene rings is 3. The summed E-state index contributed by atoms with van der Waals surface area (Å²) in [6.45, 7) is -0.247. The van der Waals surface area contributed by atoms with Gasteiger partial charge in [-0.25, -0.2) is 0 Å². The lowest BCUT2D eigenvalue weighted by atomic mass is 9.94. The molecule has 0 spiro atoms. The van der Waals surface area contributed by atoms with E-state index in [0.29, 0.717) is 16.5 Å². The third-order valence-corrected chi connectivity index (χ3v) is 5.92. The molecular formula is C27H18F3NO4. The predicted octanol–water partition coefficient (Wildman–Crippen LogP) is 6.23. The summed E-state index contributed by atoms with van der Waals surface area (Å²) in [5.41, 5.74) is 0.161. The molecule has 1 amide bonds. The van der Waals surface area contributed by atoms with E-state index in [-0.39, 0.29) is 23.4 Å². The van der Waals surface area contributed by atoms with Gasteiger partial charge in [0.05, 0.1) is 17.2 Å². The van der Waals surface area contributed by atoms with Gasteiger partial charge in [-0.1, -0.05) is 60.7 Å². The highest BCUT2D eigenvalue weighted by molar-refractivity contribution is 6.16. The zero-order valence-corrected chi connectivity index (χ0v) is 18.1. The molecule has 0 radical (unpaired) electrons. The molecule has 1 aromatic heterocycles. The Morgan fingerprint density at radius 2 is 1.66 bits per heavy atom. The van der Waals surface area contributed by atoms with E-state index in [1.54, 1.807) is 54.6 Å². The highest BCUT2D eigenvalue weighted by Gasteiger charge is 2.44. The third kappa shape index (κ3) is 4.07. The summed E-state index contributed by atoms with van der Waals surface area (Å²) in [7, 11) is 0. The van der Waals surface area contributed by atoms with Gasteiger partial charge in [0.1, 0.15) is 5.58 Å². The Morgan fingerprint density at radius 3 is 2.37 bits per heavy atom. The average Bonchev–Trinajstić information content (AvgIpc) is 3.39. The van der Waals surface area contributed by atoms with Crippen LogP contribution in [0.1, 0.15) is 33.3 Å². The van der Waals surface area contributed by atoms with Gasteiger partial charge in [-0.05, 0) is 35.4 Å². The van der Waals surface area contributed by atoms with E-state index in [9.17, 15) is 27.9 Å². The Labute approximate surface area is 197 Å². The SMILES string of the molecule is O=C(C1=C(O)C(=O)N(Cc2cccc(C(F)(F)F)c2)C1c1ccccc1)c1cc2ccccc2o1. The summed E-state index contributed by atoms with van der Waals surface area (Å²) in [6, 6.07) is 20.6. The van der Waals surface area contributed by atoms with Crippen LogP contribution in [0.3, 0.4) is 0 Å². The number of carbonyl (C=O) groups is 2. The Bertz CT molecular complexity index is 1440. The van der Waals surface area contributed by atoms with E-state index in [1.807, 2.05) is 0 Å². The van der Waals surface area contributed by atoms with Crippen LogP contribution in [0.25, 0.3) is 11.0 Å². The van der Waals surface area contributed by atoms with Gasteiger partial charge in [0.15, 0.2) is 11.5 Å². The van der Waals surface area contributed by atoms with Gasteiger partial charge in [-0.3, -0.25) is 9.59 Å². The van der Waals surface area contributed by atoms with Gasteiger partial charge >= 0.3 is 6.18 Å². The molecule has 5 nitrogen and oxygen atoms in total. The first-order chi connectivity index (χ1) is 16.7. The van der Waals surface area contributed by atoms with E-state index < -0.39 is 35.2 Å².